The van der Waals surface area contributed by atoms with Crippen LogP contribution >= 0.6 is 11.8 Å². The van der Waals surface area contributed by atoms with E-state index in [1.165, 1.54) is 6.42 Å². The van der Waals surface area contributed by atoms with Gasteiger partial charge in [-0.05, 0) is 16.7 Å². The summed E-state index contributed by atoms with van der Waals surface area (Å²) in [7, 11) is 0. The average Bonchev–Trinajstić information content (AvgIpc) is 1.85. The van der Waals surface area contributed by atoms with Gasteiger partial charge < -0.3 is 0 Å². The fourth-order valence-electron chi connectivity index (χ4n) is 0.872. The molecule has 1 atom stereocenters. The highest BCUT2D eigenvalue weighted by molar-refractivity contribution is 8.06. The lowest BCUT2D eigenvalue weighted by molar-refractivity contribution is 0.752. The maximum absolute atomic E-state index is 2.30. The molecule has 2 aliphatic rings. The normalized spacial score (nSPS) is 34.3. The Balaban J connectivity index is 2.36. The van der Waals surface area contributed by atoms with Gasteiger partial charge in [0.1, 0.15) is 0 Å². The Bertz CT molecular complexity index is 144. The van der Waals surface area contributed by atoms with Gasteiger partial charge in [-0.25, -0.2) is 0 Å². The Morgan fingerprint density at radius 3 is 3.00 bits per heavy atom. The van der Waals surface area contributed by atoms with Crippen LogP contribution in [-0.4, -0.2) is 0 Å². The maximum atomic E-state index is 2.30. The third kappa shape index (κ3) is 0.389. The van der Waals surface area contributed by atoms with E-state index in [4.69, 9.17) is 0 Å². The van der Waals surface area contributed by atoms with E-state index in [9.17, 15) is 0 Å². The second-order valence-electron chi connectivity index (χ2n) is 1.90. The Hall–Kier alpha value is -0.170. The fraction of sp³-hybridized carbons (Fsp3) is 0.333. The molecule has 36 valence electrons. The summed E-state index contributed by atoms with van der Waals surface area (Å²) in [6, 6.07) is 0. The van der Waals surface area contributed by atoms with Crippen molar-refractivity contribution in [2.75, 3.05) is 0 Å². The predicted molar refractivity (Wildman–Crippen MR) is 32.9 cm³/mol. The molecule has 0 radical (unpaired) electrons. The lowest BCUT2D eigenvalue weighted by Gasteiger charge is -2.15. The van der Waals surface area contributed by atoms with E-state index in [0.29, 0.717) is 0 Å². The number of allylic oxidation sites excluding steroid dienone is 3. The molecule has 1 aliphatic carbocycles. The molecule has 0 fully saturated rings. The highest BCUT2D eigenvalue weighted by Crippen LogP contribution is 2.42. The zero-order chi connectivity index (χ0) is 4.69. The van der Waals surface area contributed by atoms with Crippen LogP contribution in [0.3, 0.4) is 0 Å². The third-order valence-corrected chi connectivity index (χ3v) is 2.49. The van der Waals surface area contributed by atoms with Crippen molar-refractivity contribution in [1.82, 2.24) is 0 Å². The number of thioether (sulfide) groups is 1. The zero-order valence-electron chi connectivity index (χ0n) is 3.92. The molecule has 2 rings (SSSR count). The van der Waals surface area contributed by atoms with Crippen molar-refractivity contribution in [1.29, 1.82) is 0 Å². The van der Waals surface area contributed by atoms with Crippen LogP contribution in [0.2, 0.25) is 0 Å². The van der Waals surface area contributed by atoms with Crippen LogP contribution in [0.5, 0.6) is 0 Å². The minimum Gasteiger partial charge on any atom is -0.103 e. The molecule has 1 heteroatoms. The van der Waals surface area contributed by atoms with Crippen LogP contribution < -0.4 is 0 Å². The fourth-order valence-corrected chi connectivity index (χ4v) is 1.84. The highest BCUT2D eigenvalue weighted by Gasteiger charge is 2.21. The molecule has 0 aromatic heterocycles. The topological polar surface area (TPSA) is 0 Å². The number of rotatable bonds is 0. The maximum Gasteiger partial charge on any atom is 0.0121 e. The lowest BCUT2D eigenvalue weighted by Crippen LogP contribution is -2.01. The Kier molecular flexibility index (Phi) is 0.627. The third-order valence-electron chi connectivity index (χ3n) is 1.45. The Morgan fingerprint density at radius 1 is 1.71 bits per heavy atom. The van der Waals surface area contributed by atoms with E-state index in [1.54, 1.807) is 4.91 Å². The molecule has 0 N–H and O–H groups in total. The summed E-state index contributed by atoms with van der Waals surface area (Å²) >= 11 is 1.87. The SMILES string of the molecule is C1=CC2CC=C2S1. The highest BCUT2D eigenvalue weighted by atomic mass is 32.2. The quantitative estimate of drug-likeness (QED) is 0.460. The Labute approximate surface area is 47.3 Å². The number of fused-ring (bicyclic) bond motifs is 1. The predicted octanol–water partition coefficient (Wildman–Crippen LogP) is 2.15. The van der Waals surface area contributed by atoms with Crippen molar-refractivity contribution in [2.24, 2.45) is 5.92 Å². The molecule has 1 unspecified atom stereocenters. The summed E-state index contributed by atoms with van der Waals surface area (Å²) in [5.74, 6) is 0.838. The second-order valence-corrected chi connectivity index (χ2v) is 2.87. The van der Waals surface area contributed by atoms with Crippen molar-refractivity contribution in [3.8, 4) is 0 Å². The van der Waals surface area contributed by atoms with Crippen molar-refractivity contribution in [2.45, 2.75) is 6.42 Å². The number of hydrogen-bond acceptors (Lipinski definition) is 1. The molecule has 1 heterocycles. The van der Waals surface area contributed by atoms with Gasteiger partial charge in [-0.1, -0.05) is 12.2 Å². The smallest absolute Gasteiger partial charge is 0.0121 e. The molecule has 0 nitrogen and oxygen atoms in total. The van der Waals surface area contributed by atoms with Gasteiger partial charge in [0.2, 0.25) is 0 Å². The summed E-state index contributed by atoms with van der Waals surface area (Å²) in [4.78, 5) is 1.57. The second kappa shape index (κ2) is 1.16. The molecular weight excluding hydrogens is 104 g/mol. The van der Waals surface area contributed by atoms with Crippen molar-refractivity contribution in [3.63, 3.8) is 0 Å². The molecule has 1 aliphatic heterocycles. The van der Waals surface area contributed by atoms with E-state index < -0.39 is 0 Å². The summed E-state index contributed by atoms with van der Waals surface area (Å²) < 4.78 is 0. The molecule has 0 saturated carbocycles. The molecule has 0 bridgehead atoms. The lowest BCUT2D eigenvalue weighted by atomic mass is 9.96. The molecule has 0 spiro atoms. The minimum absolute atomic E-state index is 0.838. The van der Waals surface area contributed by atoms with Crippen molar-refractivity contribution < 1.29 is 0 Å². The molecule has 7 heavy (non-hydrogen) atoms. The molecular formula is C6H6S. The molecule has 0 amide bonds. The van der Waals surface area contributed by atoms with Gasteiger partial charge in [0.15, 0.2) is 0 Å². The first kappa shape index (κ1) is 3.79. The average molecular weight is 110 g/mol. The van der Waals surface area contributed by atoms with Gasteiger partial charge in [-0.2, -0.15) is 0 Å². The van der Waals surface area contributed by atoms with Crippen LogP contribution in [0.4, 0.5) is 0 Å². The van der Waals surface area contributed by atoms with Gasteiger partial charge in [-0.15, -0.1) is 11.8 Å². The van der Waals surface area contributed by atoms with Crippen molar-refractivity contribution >= 4 is 11.8 Å². The van der Waals surface area contributed by atoms with Gasteiger partial charge in [0, 0.05) is 5.92 Å². The monoisotopic (exact) mass is 110 g/mol. The van der Waals surface area contributed by atoms with E-state index in [2.05, 4.69) is 17.6 Å². The molecule has 0 saturated heterocycles. The van der Waals surface area contributed by atoms with Gasteiger partial charge in [0.05, 0.1) is 0 Å². The summed E-state index contributed by atoms with van der Waals surface area (Å²) in [5.41, 5.74) is 0. The largest absolute Gasteiger partial charge is 0.103 e. The van der Waals surface area contributed by atoms with E-state index >= 15 is 0 Å². The van der Waals surface area contributed by atoms with Crippen LogP contribution in [0.1, 0.15) is 6.42 Å². The molecule has 0 aromatic rings. The minimum atomic E-state index is 0.838. The Morgan fingerprint density at radius 2 is 2.71 bits per heavy atom. The van der Waals surface area contributed by atoms with Crippen LogP contribution in [0.25, 0.3) is 0 Å². The zero-order valence-corrected chi connectivity index (χ0v) is 4.74. The van der Waals surface area contributed by atoms with Crippen LogP contribution in [0, 0.1) is 5.92 Å². The van der Waals surface area contributed by atoms with Crippen molar-refractivity contribution in [3.05, 3.63) is 22.5 Å². The van der Waals surface area contributed by atoms with Gasteiger partial charge >= 0.3 is 0 Å². The summed E-state index contributed by atoms with van der Waals surface area (Å²) in [5, 5.41) is 2.18. The van der Waals surface area contributed by atoms with E-state index in [-0.39, 0.29) is 0 Å². The standard InChI is InChI=1S/C6H6S/c1-2-6-5(1)3-4-7-6/h2-5H,1H2. The van der Waals surface area contributed by atoms with Gasteiger partial charge in [-0.3, -0.25) is 0 Å². The first-order chi connectivity index (χ1) is 3.47. The number of hydrogen-bond donors (Lipinski definition) is 0. The molecule has 0 aromatic carbocycles. The summed E-state index contributed by atoms with van der Waals surface area (Å²) in [6.45, 7) is 0. The van der Waals surface area contributed by atoms with Crippen LogP contribution in [-0.2, 0) is 0 Å². The first-order valence-corrected chi connectivity index (χ1v) is 3.38. The van der Waals surface area contributed by atoms with Gasteiger partial charge in [0.25, 0.3) is 0 Å². The summed E-state index contributed by atoms with van der Waals surface area (Å²) in [6.07, 6.45) is 5.87. The van der Waals surface area contributed by atoms with E-state index in [1.807, 2.05) is 11.8 Å². The van der Waals surface area contributed by atoms with E-state index in [0.717, 1.165) is 5.92 Å². The first-order valence-electron chi connectivity index (χ1n) is 2.50. The van der Waals surface area contributed by atoms with Crippen LogP contribution in [0.15, 0.2) is 22.5 Å².